The van der Waals surface area contributed by atoms with Crippen LogP contribution in [0.4, 0.5) is 0 Å². The van der Waals surface area contributed by atoms with Gasteiger partial charge in [0.15, 0.2) is 0 Å². The first kappa shape index (κ1) is 13.4. The highest BCUT2D eigenvalue weighted by atomic mass is 28.3. The van der Waals surface area contributed by atoms with Crippen LogP contribution in [-0.4, -0.2) is 13.1 Å². The first-order valence-corrected chi connectivity index (χ1v) is 8.69. The van der Waals surface area contributed by atoms with Crippen molar-refractivity contribution in [2.75, 3.05) is 0 Å². The maximum atomic E-state index is 4.19. The van der Waals surface area contributed by atoms with Crippen LogP contribution in [0, 0.1) is 6.92 Å². The van der Waals surface area contributed by atoms with E-state index in [1.165, 1.54) is 16.8 Å². The minimum Gasteiger partial charge on any atom is -0.265 e. The van der Waals surface area contributed by atoms with Crippen molar-refractivity contribution in [3.63, 3.8) is 0 Å². The Kier molecular flexibility index (Phi) is 5.70. The van der Waals surface area contributed by atoms with Gasteiger partial charge in [-0.2, -0.15) is 0 Å². The molecular formula is C12H23NSi. The molecule has 1 heterocycles. The van der Waals surface area contributed by atoms with E-state index in [1.807, 2.05) is 26.2 Å². The van der Waals surface area contributed by atoms with E-state index in [0.717, 1.165) is 0 Å². The van der Waals surface area contributed by atoms with Crippen LogP contribution < -0.4 is 5.19 Å². The average Bonchev–Trinajstić information content (AvgIpc) is 2.21. The third-order valence-electron chi connectivity index (χ3n) is 2.65. The maximum Gasteiger partial charge on any atom is 0.0827 e. The zero-order valence-corrected chi connectivity index (χ0v) is 11.4. The number of pyridine rings is 1. The molecule has 1 nitrogen and oxygen atoms in total. The summed E-state index contributed by atoms with van der Waals surface area (Å²) in [4.78, 5) is 4.19. The molecule has 0 amide bonds. The van der Waals surface area contributed by atoms with E-state index < -0.39 is 8.07 Å². The molecule has 0 aliphatic heterocycles. The van der Waals surface area contributed by atoms with Crippen molar-refractivity contribution in [2.24, 2.45) is 0 Å². The van der Waals surface area contributed by atoms with E-state index in [-0.39, 0.29) is 0 Å². The van der Waals surface area contributed by atoms with E-state index >= 15 is 0 Å². The average molecular weight is 209 g/mol. The van der Waals surface area contributed by atoms with Gasteiger partial charge in [0.2, 0.25) is 0 Å². The third kappa shape index (κ3) is 3.26. The van der Waals surface area contributed by atoms with Crippen molar-refractivity contribution in [3.8, 4) is 0 Å². The van der Waals surface area contributed by atoms with Crippen molar-refractivity contribution in [1.29, 1.82) is 0 Å². The lowest BCUT2D eigenvalue weighted by atomic mass is 10.3. The molecule has 0 aromatic carbocycles. The van der Waals surface area contributed by atoms with E-state index in [0.29, 0.717) is 0 Å². The summed E-state index contributed by atoms with van der Waals surface area (Å²) in [5.41, 5.74) is 1.41. The smallest absolute Gasteiger partial charge is 0.0827 e. The lowest BCUT2D eigenvalue weighted by Crippen LogP contribution is -2.42. The number of nitrogens with zero attached hydrogens (tertiary/aromatic N) is 1. The van der Waals surface area contributed by atoms with Gasteiger partial charge in [-0.1, -0.05) is 39.9 Å². The van der Waals surface area contributed by atoms with Crippen LogP contribution in [0.3, 0.4) is 0 Å². The largest absolute Gasteiger partial charge is 0.265 e. The molecule has 0 saturated heterocycles. The van der Waals surface area contributed by atoms with Crippen molar-refractivity contribution in [2.45, 2.75) is 46.8 Å². The number of aromatic nitrogens is 1. The zero-order valence-electron chi connectivity index (χ0n) is 10.4. The summed E-state index contributed by atoms with van der Waals surface area (Å²) < 4.78 is 0. The van der Waals surface area contributed by atoms with Crippen molar-refractivity contribution < 1.29 is 0 Å². The molecule has 14 heavy (non-hydrogen) atoms. The van der Waals surface area contributed by atoms with Crippen LogP contribution in [0.5, 0.6) is 0 Å². The van der Waals surface area contributed by atoms with Gasteiger partial charge in [0, 0.05) is 12.4 Å². The van der Waals surface area contributed by atoms with Gasteiger partial charge in [-0.3, -0.25) is 4.98 Å². The fourth-order valence-electron chi connectivity index (χ4n) is 1.36. The standard InChI is InChI=1S/C10H17NSi.C2H6/c1-5-12(3,4)10-8-11-7-6-9(10)2;1-2/h6-8H,5H2,1-4H3;1-2H3. The molecule has 0 aliphatic carbocycles. The summed E-state index contributed by atoms with van der Waals surface area (Å²) >= 11 is 0. The Hall–Kier alpha value is -0.633. The van der Waals surface area contributed by atoms with E-state index in [4.69, 9.17) is 0 Å². The molecule has 0 saturated carbocycles. The van der Waals surface area contributed by atoms with Gasteiger partial charge >= 0.3 is 0 Å². The molecule has 0 fully saturated rings. The summed E-state index contributed by atoms with van der Waals surface area (Å²) in [6.07, 6.45) is 3.92. The summed E-state index contributed by atoms with van der Waals surface area (Å²) in [7, 11) is -1.16. The number of rotatable bonds is 2. The fraction of sp³-hybridized carbons (Fsp3) is 0.583. The lowest BCUT2D eigenvalue weighted by molar-refractivity contribution is 1.28. The highest BCUT2D eigenvalue weighted by Gasteiger charge is 2.22. The first-order chi connectivity index (χ1) is 6.58. The van der Waals surface area contributed by atoms with Gasteiger partial charge in [0.25, 0.3) is 0 Å². The SMILES string of the molecule is CC.CC[Si](C)(C)c1cnccc1C. The molecule has 0 N–H and O–H groups in total. The zero-order chi connectivity index (χ0) is 11.2. The molecule has 0 unspecified atom stereocenters. The molecule has 0 aliphatic rings. The predicted octanol–water partition coefficient (Wildman–Crippen LogP) is 3.35. The molecule has 0 atom stereocenters. The van der Waals surface area contributed by atoms with Crippen molar-refractivity contribution in [3.05, 3.63) is 24.0 Å². The first-order valence-electron chi connectivity index (χ1n) is 5.49. The Morgan fingerprint density at radius 1 is 1.29 bits per heavy atom. The summed E-state index contributed by atoms with van der Waals surface area (Å²) in [5.74, 6) is 0. The minimum absolute atomic E-state index is 1.16. The summed E-state index contributed by atoms with van der Waals surface area (Å²) in [6, 6.07) is 3.40. The quantitative estimate of drug-likeness (QED) is 0.681. The highest BCUT2D eigenvalue weighted by Crippen LogP contribution is 2.10. The minimum atomic E-state index is -1.16. The van der Waals surface area contributed by atoms with Gasteiger partial charge in [-0.15, -0.1) is 0 Å². The number of hydrogen-bond acceptors (Lipinski definition) is 1. The van der Waals surface area contributed by atoms with Gasteiger partial charge in [0.1, 0.15) is 0 Å². The van der Waals surface area contributed by atoms with Gasteiger partial charge in [-0.25, -0.2) is 0 Å². The number of aryl methyl sites for hydroxylation is 1. The Morgan fingerprint density at radius 2 is 1.86 bits per heavy atom. The Balaban J connectivity index is 0.000000791. The Bertz CT molecular complexity index is 269. The second kappa shape index (κ2) is 5.97. The van der Waals surface area contributed by atoms with Crippen LogP contribution in [0.25, 0.3) is 0 Å². The van der Waals surface area contributed by atoms with Crippen LogP contribution in [-0.2, 0) is 0 Å². The molecule has 1 aromatic rings. The van der Waals surface area contributed by atoms with Crippen molar-refractivity contribution >= 4 is 13.3 Å². The lowest BCUT2D eigenvalue weighted by Gasteiger charge is -2.22. The van der Waals surface area contributed by atoms with Crippen LogP contribution in [0.2, 0.25) is 19.1 Å². The van der Waals surface area contributed by atoms with Crippen LogP contribution in [0.1, 0.15) is 26.3 Å². The molecule has 1 rings (SSSR count). The normalized spacial score (nSPS) is 10.4. The van der Waals surface area contributed by atoms with Gasteiger partial charge < -0.3 is 0 Å². The Labute approximate surface area is 89.6 Å². The molecule has 2 heteroatoms. The van der Waals surface area contributed by atoms with Crippen LogP contribution >= 0.6 is 0 Å². The van der Waals surface area contributed by atoms with E-state index in [9.17, 15) is 0 Å². The van der Waals surface area contributed by atoms with E-state index in [2.05, 4.69) is 38.0 Å². The second-order valence-corrected chi connectivity index (χ2v) is 8.94. The molecule has 80 valence electrons. The molecule has 0 bridgehead atoms. The van der Waals surface area contributed by atoms with E-state index in [1.54, 1.807) is 0 Å². The molecule has 1 aromatic heterocycles. The van der Waals surface area contributed by atoms with Gasteiger partial charge in [-0.05, 0) is 23.7 Å². The van der Waals surface area contributed by atoms with Gasteiger partial charge in [0.05, 0.1) is 8.07 Å². The predicted molar refractivity (Wildman–Crippen MR) is 67.9 cm³/mol. The molecular weight excluding hydrogens is 186 g/mol. The summed E-state index contributed by atoms with van der Waals surface area (Å²) in [6.45, 7) is 13.3. The fourth-order valence-corrected chi connectivity index (χ4v) is 3.32. The highest BCUT2D eigenvalue weighted by molar-refractivity contribution is 6.90. The van der Waals surface area contributed by atoms with Crippen molar-refractivity contribution in [1.82, 2.24) is 4.98 Å². The maximum absolute atomic E-state index is 4.19. The number of hydrogen-bond donors (Lipinski definition) is 0. The topological polar surface area (TPSA) is 12.9 Å². The second-order valence-electron chi connectivity index (χ2n) is 3.93. The molecule has 0 radical (unpaired) electrons. The summed E-state index contributed by atoms with van der Waals surface area (Å²) in [5, 5.41) is 1.51. The molecule has 0 spiro atoms. The monoisotopic (exact) mass is 209 g/mol. The van der Waals surface area contributed by atoms with Crippen LogP contribution in [0.15, 0.2) is 18.5 Å². The third-order valence-corrected chi connectivity index (χ3v) is 6.40. The Morgan fingerprint density at radius 3 is 2.29 bits per heavy atom.